The number of nitrogens with one attached hydrogen (secondary N) is 2. The van der Waals surface area contributed by atoms with Gasteiger partial charge >= 0.3 is 0 Å². The molecule has 0 unspecified atom stereocenters. The molecule has 0 aliphatic rings. The van der Waals surface area contributed by atoms with E-state index < -0.39 is 0 Å². The summed E-state index contributed by atoms with van der Waals surface area (Å²) >= 11 is 0. The highest BCUT2D eigenvalue weighted by atomic mass is 16.2. The van der Waals surface area contributed by atoms with Crippen LogP contribution in [0.25, 0.3) is 0 Å². The fourth-order valence-corrected chi connectivity index (χ4v) is 1.37. The number of hydrogen-bond donors (Lipinski definition) is 3. The summed E-state index contributed by atoms with van der Waals surface area (Å²) in [6.07, 6.45) is 1.30. The molecule has 1 aromatic carbocycles. The van der Waals surface area contributed by atoms with Gasteiger partial charge in [-0.3, -0.25) is 9.89 Å². The van der Waals surface area contributed by atoms with Crippen LogP contribution in [0.4, 0.5) is 0 Å². The first-order valence-corrected chi connectivity index (χ1v) is 5.21. The van der Waals surface area contributed by atoms with Crippen molar-refractivity contribution < 1.29 is 4.79 Å². The van der Waals surface area contributed by atoms with E-state index in [1.807, 2.05) is 24.3 Å². The molecule has 0 fully saturated rings. The maximum absolute atomic E-state index is 11.5. The van der Waals surface area contributed by atoms with Gasteiger partial charge in [0.25, 0.3) is 5.91 Å². The lowest BCUT2D eigenvalue weighted by molar-refractivity contribution is 0.0941. The van der Waals surface area contributed by atoms with Gasteiger partial charge in [0.05, 0.1) is 0 Å². The highest BCUT2D eigenvalue weighted by Crippen LogP contribution is 2.03. The van der Waals surface area contributed by atoms with Crippen LogP contribution < -0.4 is 11.1 Å². The number of carbonyl (C=O) groups is 1. The molecular weight excluding hydrogens is 218 g/mol. The zero-order valence-corrected chi connectivity index (χ0v) is 9.18. The Bertz CT molecular complexity index is 477. The molecule has 6 nitrogen and oxygen atoms in total. The van der Waals surface area contributed by atoms with Gasteiger partial charge in [0.15, 0.2) is 0 Å². The maximum atomic E-state index is 11.5. The van der Waals surface area contributed by atoms with Gasteiger partial charge in [-0.1, -0.05) is 24.3 Å². The van der Waals surface area contributed by atoms with Crippen molar-refractivity contribution in [2.45, 2.75) is 13.1 Å². The molecule has 4 N–H and O–H groups in total. The fourth-order valence-electron chi connectivity index (χ4n) is 1.37. The van der Waals surface area contributed by atoms with Crippen LogP contribution in [0.2, 0.25) is 0 Å². The molecule has 17 heavy (non-hydrogen) atoms. The fraction of sp³-hybridized carbons (Fsp3) is 0.182. The molecule has 0 atom stereocenters. The Balaban J connectivity index is 1.91. The quantitative estimate of drug-likeness (QED) is 0.700. The van der Waals surface area contributed by atoms with E-state index in [9.17, 15) is 4.79 Å². The van der Waals surface area contributed by atoms with Gasteiger partial charge in [0.1, 0.15) is 6.33 Å². The summed E-state index contributed by atoms with van der Waals surface area (Å²) in [4.78, 5) is 15.3. The molecule has 0 saturated heterocycles. The third-order valence-corrected chi connectivity index (χ3v) is 2.34. The second-order valence-electron chi connectivity index (χ2n) is 3.54. The Morgan fingerprint density at radius 1 is 1.29 bits per heavy atom. The molecule has 0 aliphatic carbocycles. The van der Waals surface area contributed by atoms with Crippen LogP contribution in [-0.2, 0) is 13.1 Å². The average molecular weight is 231 g/mol. The second kappa shape index (κ2) is 5.22. The average Bonchev–Trinajstić information content (AvgIpc) is 2.90. The summed E-state index contributed by atoms with van der Waals surface area (Å²) in [5.41, 5.74) is 7.57. The van der Waals surface area contributed by atoms with Crippen molar-refractivity contribution in [3.8, 4) is 0 Å². The van der Waals surface area contributed by atoms with Crippen molar-refractivity contribution in [2.24, 2.45) is 5.73 Å². The minimum Gasteiger partial charge on any atom is -0.345 e. The third kappa shape index (κ3) is 2.88. The van der Waals surface area contributed by atoms with Gasteiger partial charge in [-0.15, -0.1) is 0 Å². The van der Waals surface area contributed by atoms with Crippen molar-refractivity contribution in [3.05, 3.63) is 47.5 Å². The Morgan fingerprint density at radius 2 is 2.00 bits per heavy atom. The lowest BCUT2D eigenvalue weighted by atomic mass is 10.1. The molecule has 0 spiro atoms. The Labute approximate surface area is 98.3 Å². The predicted molar refractivity (Wildman–Crippen MR) is 61.9 cm³/mol. The van der Waals surface area contributed by atoms with E-state index in [-0.39, 0.29) is 11.7 Å². The van der Waals surface area contributed by atoms with Crippen molar-refractivity contribution >= 4 is 5.91 Å². The van der Waals surface area contributed by atoms with Crippen LogP contribution >= 0.6 is 0 Å². The Kier molecular flexibility index (Phi) is 3.46. The van der Waals surface area contributed by atoms with Gasteiger partial charge in [0, 0.05) is 13.1 Å². The monoisotopic (exact) mass is 231 g/mol. The molecular formula is C11H13N5O. The summed E-state index contributed by atoms with van der Waals surface area (Å²) in [6.45, 7) is 0.967. The van der Waals surface area contributed by atoms with E-state index >= 15 is 0 Å². The summed E-state index contributed by atoms with van der Waals surface area (Å²) < 4.78 is 0. The summed E-state index contributed by atoms with van der Waals surface area (Å²) in [6, 6.07) is 7.75. The molecule has 2 rings (SSSR count). The summed E-state index contributed by atoms with van der Waals surface area (Å²) in [7, 11) is 0. The van der Waals surface area contributed by atoms with Crippen LogP contribution in [0.3, 0.4) is 0 Å². The number of amides is 1. The van der Waals surface area contributed by atoms with E-state index in [1.165, 1.54) is 6.33 Å². The van der Waals surface area contributed by atoms with Crippen LogP contribution in [-0.4, -0.2) is 21.1 Å². The van der Waals surface area contributed by atoms with E-state index in [0.717, 1.165) is 11.1 Å². The predicted octanol–water partition coefficient (Wildman–Crippen LogP) is 0.193. The first-order chi connectivity index (χ1) is 8.29. The SMILES string of the molecule is NCc1ccc(CNC(=O)c2ncn[nH]2)cc1. The first kappa shape index (κ1) is 11.3. The van der Waals surface area contributed by atoms with Gasteiger partial charge in [-0.2, -0.15) is 5.10 Å². The Hall–Kier alpha value is -2.21. The molecule has 1 amide bonds. The van der Waals surface area contributed by atoms with Crippen molar-refractivity contribution in [2.75, 3.05) is 0 Å². The van der Waals surface area contributed by atoms with E-state index in [4.69, 9.17) is 5.73 Å². The minimum absolute atomic E-state index is 0.212. The summed E-state index contributed by atoms with van der Waals surface area (Å²) in [5, 5.41) is 8.85. The number of nitrogens with two attached hydrogens (primary N) is 1. The van der Waals surface area contributed by atoms with Crippen LogP contribution in [0.1, 0.15) is 21.7 Å². The van der Waals surface area contributed by atoms with Gasteiger partial charge in [-0.25, -0.2) is 4.98 Å². The highest BCUT2D eigenvalue weighted by molar-refractivity contribution is 5.90. The molecule has 88 valence electrons. The number of H-pyrrole nitrogens is 1. The zero-order valence-electron chi connectivity index (χ0n) is 9.18. The van der Waals surface area contributed by atoms with E-state index in [2.05, 4.69) is 20.5 Å². The van der Waals surface area contributed by atoms with Crippen LogP contribution in [0.15, 0.2) is 30.6 Å². The number of benzene rings is 1. The number of nitrogens with zero attached hydrogens (tertiary/aromatic N) is 2. The lowest BCUT2D eigenvalue weighted by Crippen LogP contribution is -2.23. The number of aromatic nitrogens is 3. The number of aromatic amines is 1. The molecule has 2 aromatic rings. The van der Waals surface area contributed by atoms with E-state index in [0.29, 0.717) is 13.1 Å². The number of hydrogen-bond acceptors (Lipinski definition) is 4. The van der Waals surface area contributed by atoms with Crippen LogP contribution in [0, 0.1) is 0 Å². The molecule has 1 aromatic heterocycles. The largest absolute Gasteiger partial charge is 0.345 e. The molecule has 0 bridgehead atoms. The molecule has 0 radical (unpaired) electrons. The molecule has 6 heteroatoms. The van der Waals surface area contributed by atoms with Crippen molar-refractivity contribution in [1.82, 2.24) is 20.5 Å². The summed E-state index contributed by atoms with van der Waals surface area (Å²) in [5.74, 6) is -0.0611. The van der Waals surface area contributed by atoms with Gasteiger partial charge < -0.3 is 11.1 Å². The Morgan fingerprint density at radius 3 is 2.59 bits per heavy atom. The standard InChI is InChI=1S/C11H13N5O/c12-5-8-1-3-9(4-2-8)6-13-11(17)10-14-7-15-16-10/h1-4,7H,5-6,12H2,(H,13,17)(H,14,15,16). The molecule has 0 saturated carbocycles. The third-order valence-electron chi connectivity index (χ3n) is 2.34. The van der Waals surface area contributed by atoms with Crippen molar-refractivity contribution in [1.29, 1.82) is 0 Å². The smallest absolute Gasteiger partial charge is 0.288 e. The van der Waals surface area contributed by atoms with E-state index in [1.54, 1.807) is 0 Å². The zero-order chi connectivity index (χ0) is 12.1. The first-order valence-electron chi connectivity index (χ1n) is 5.21. The lowest BCUT2D eigenvalue weighted by Gasteiger charge is -2.04. The second-order valence-corrected chi connectivity index (χ2v) is 3.54. The molecule has 1 heterocycles. The minimum atomic E-state index is -0.273. The molecule has 0 aliphatic heterocycles. The van der Waals surface area contributed by atoms with Gasteiger partial charge in [0.2, 0.25) is 5.82 Å². The number of rotatable bonds is 4. The highest BCUT2D eigenvalue weighted by Gasteiger charge is 2.07. The maximum Gasteiger partial charge on any atom is 0.288 e. The van der Waals surface area contributed by atoms with Gasteiger partial charge in [-0.05, 0) is 11.1 Å². The number of carbonyl (C=O) groups excluding carboxylic acids is 1. The van der Waals surface area contributed by atoms with Crippen LogP contribution in [0.5, 0.6) is 0 Å². The normalized spacial score (nSPS) is 10.2. The topological polar surface area (TPSA) is 96.7 Å². The van der Waals surface area contributed by atoms with Crippen molar-refractivity contribution in [3.63, 3.8) is 0 Å².